The highest BCUT2D eigenvalue weighted by molar-refractivity contribution is 8.15. The average molecular weight is 442 g/mol. The van der Waals surface area contributed by atoms with Gasteiger partial charge in [-0.15, -0.1) is 0 Å². The van der Waals surface area contributed by atoms with Gasteiger partial charge in [-0.3, -0.25) is 19.7 Å². The van der Waals surface area contributed by atoms with Crippen LogP contribution in [0.15, 0.2) is 42.5 Å². The van der Waals surface area contributed by atoms with Crippen molar-refractivity contribution in [1.82, 2.24) is 10.6 Å². The first-order valence-electron chi connectivity index (χ1n) is 9.47. The van der Waals surface area contributed by atoms with Crippen molar-refractivity contribution in [2.45, 2.75) is 24.3 Å². The molecule has 0 radical (unpaired) electrons. The van der Waals surface area contributed by atoms with E-state index in [0.717, 1.165) is 17.3 Å². The van der Waals surface area contributed by atoms with Crippen LogP contribution >= 0.6 is 11.8 Å². The highest BCUT2D eigenvalue weighted by Crippen LogP contribution is 2.26. The van der Waals surface area contributed by atoms with Gasteiger partial charge in [-0.25, -0.2) is 4.79 Å². The minimum Gasteiger partial charge on any atom is -0.493 e. The highest BCUT2D eigenvalue weighted by atomic mass is 32.2. The summed E-state index contributed by atoms with van der Waals surface area (Å²) in [5.74, 6) is -0.833. The molecule has 2 heterocycles. The number of amides is 3. The van der Waals surface area contributed by atoms with Crippen LogP contribution in [0, 0.1) is 0 Å². The van der Waals surface area contributed by atoms with Crippen LogP contribution < -0.4 is 20.1 Å². The van der Waals surface area contributed by atoms with Crippen molar-refractivity contribution < 1.29 is 33.8 Å². The predicted molar refractivity (Wildman–Crippen MR) is 110 cm³/mol. The molecule has 0 spiro atoms. The number of fused-ring (bicyclic) bond motifs is 1. The molecule has 10 heteroatoms. The number of hydrogen-bond donors (Lipinski definition) is 3. The summed E-state index contributed by atoms with van der Waals surface area (Å²) in [4.78, 5) is 46.2. The third-order valence-corrected chi connectivity index (χ3v) is 5.77. The van der Waals surface area contributed by atoms with Gasteiger partial charge in [-0.05, 0) is 42.3 Å². The molecule has 2 atom stereocenters. The summed E-state index contributed by atoms with van der Waals surface area (Å²) in [6.45, 7) is 0.280. The van der Waals surface area contributed by atoms with Crippen LogP contribution in [-0.2, 0) is 11.2 Å². The van der Waals surface area contributed by atoms with Crippen molar-refractivity contribution in [2.24, 2.45) is 0 Å². The van der Waals surface area contributed by atoms with Gasteiger partial charge in [0, 0.05) is 6.42 Å². The Bertz CT molecular complexity index is 1050. The summed E-state index contributed by atoms with van der Waals surface area (Å²) in [6, 6.07) is 11.4. The van der Waals surface area contributed by atoms with Crippen LogP contribution in [0.25, 0.3) is 0 Å². The van der Waals surface area contributed by atoms with Crippen molar-refractivity contribution in [2.75, 3.05) is 6.61 Å². The van der Waals surface area contributed by atoms with Gasteiger partial charge in [0.25, 0.3) is 11.1 Å². The van der Waals surface area contributed by atoms with Crippen LogP contribution in [0.3, 0.4) is 0 Å². The molecule has 160 valence electrons. The molecule has 0 saturated carbocycles. The summed E-state index contributed by atoms with van der Waals surface area (Å²) in [7, 11) is 0. The molecule has 0 aromatic heterocycles. The third-order valence-electron chi connectivity index (χ3n) is 4.79. The zero-order valence-electron chi connectivity index (χ0n) is 16.1. The molecule has 0 aliphatic carbocycles. The number of carbonyl (C=O) groups excluding carboxylic acids is 3. The molecular formula is C21H18N2O7S. The summed E-state index contributed by atoms with van der Waals surface area (Å²) in [6.07, 6.45) is 0.243. The molecule has 1 fully saturated rings. The second-order valence-corrected chi connectivity index (χ2v) is 8.14. The number of benzene rings is 2. The Kier molecular flexibility index (Phi) is 5.81. The van der Waals surface area contributed by atoms with Crippen molar-refractivity contribution in [3.8, 4) is 11.5 Å². The van der Waals surface area contributed by atoms with Gasteiger partial charge in [-0.2, -0.15) is 0 Å². The second-order valence-electron chi connectivity index (χ2n) is 6.96. The van der Waals surface area contributed by atoms with E-state index in [1.54, 1.807) is 12.1 Å². The number of aromatic carboxylic acids is 1. The quantitative estimate of drug-likeness (QED) is 0.595. The monoisotopic (exact) mass is 442 g/mol. The number of ether oxygens (including phenoxy) is 2. The summed E-state index contributed by atoms with van der Waals surface area (Å²) < 4.78 is 11.4. The fourth-order valence-electron chi connectivity index (χ4n) is 3.23. The first-order chi connectivity index (χ1) is 14.9. The Morgan fingerprint density at radius 3 is 2.58 bits per heavy atom. The average Bonchev–Trinajstić information content (AvgIpc) is 3.05. The maximum atomic E-state index is 12.3. The molecule has 31 heavy (non-hydrogen) atoms. The Labute approximate surface area is 181 Å². The van der Waals surface area contributed by atoms with E-state index in [-0.39, 0.29) is 28.9 Å². The molecule has 2 aromatic carbocycles. The van der Waals surface area contributed by atoms with Gasteiger partial charge in [0.05, 0.1) is 23.0 Å². The number of rotatable bonds is 7. The Morgan fingerprint density at radius 2 is 1.90 bits per heavy atom. The van der Waals surface area contributed by atoms with Crippen LogP contribution in [0.1, 0.15) is 32.7 Å². The number of thioether (sulfide) groups is 1. The Hall–Kier alpha value is -3.53. The van der Waals surface area contributed by atoms with Gasteiger partial charge >= 0.3 is 5.97 Å². The van der Waals surface area contributed by atoms with Crippen LogP contribution in [0.5, 0.6) is 11.5 Å². The van der Waals surface area contributed by atoms with Crippen molar-refractivity contribution >= 4 is 34.8 Å². The highest BCUT2D eigenvalue weighted by Gasteiger charge is 2.31. The lowest BCUT2D eigenvalue weighted by Gasteiger charge is -2.27. The van der Waals surface area contributed by atoms with E-state index in [9.17, 15) is 19.2 Å². The Balaban J connectivity index is 1.28. The molecule has 3 N–H and O–H groups in total. The maximum Gasteiger partial charge on any atom is 0.335 e. The molecule has 2 unspecified atom stereocenters. The third kappa shape index (κ3) is 4.80. The van der Waals surface area contributed by atoms with E-state index in [4.69, 9.17) is 14.6 Å². The van der Waals surface area contributed by atoms with E-state index in [2.05, 4.69) is 10.6 Å². The van der Waals surface area contributed by atoms with Gasteiger partial charge < -0.3 is 19.9 Å². The number of nitrogens with one attached hydrogen (secondary N) is 2. The number of carbonyl (C=O) groups is 4. The summed E-state index contributed by atoms with van der Waals surface area (Å²) >= 11 is 0.992. The van der Waals surface area contributed by atoms with Crippen LogP contribution in [0.2, 0.25) is 0 Å². The molecule has 0 bridgehead atoms. The molecule has 9 nitrogen and oxygen atoms in total. The lowest BCUT2D eigenvalue weighted by atomic mass is 10.1. The Morgan fingerprint density at radius 1 is 1.13 bits per heavy atom. The fourth-order valence-corrected chi connectivity index (χ4v) is 4.09. The largest absolute Gasteiger partial charge is 0.493 e. The minimum atomic E-state index is -1.11. The normalized spacial score (nSPS) is 19.8. The van der Waals surface area contributed by atoms with Gasteiger partial charge in [0.1, 0.15) is 11.5 Å². The zero-order valence-corrected chi connectivity index (χ0v) is 16.9. The smallest absolute Gasteiger partial charge is 0.335 e. The van der Waals surface area contributed by atoms with E-state index in [1.165, 1.54) is 18.2 Å². The van der Waals surface area contributed by atoms with Crippen molar-refractivity contribution in [3.05, 3.63) is 59.2 Å². The molecule has 1 saturated heterocycles. The molecule has 2 aliphatic rings. The van der Waals surface area contributed by atoms with E-state index >= 15 is 0 Å². The molecule has 2 aliphatic heterocycles. The first kappa shape index (κ1) is 20.7. The summed E-state index contributed by atoms with van der Waals surface area (Å²) in [5.41, 5.74) is 1.11. The number of carboxylic acid groups (broad SMARTS) is 1. The van der Waals surface area contributed by atoms with Crippen LogP contribution in [-0.4, -0.2) is 46.2 Å². The predicted octanol–water partition coefficient (Wildman–Crippen LogP) is 2.20. The number of carboxylic acids is 1. The van der Waals surface area contributed by atoms with Gasteiger partial charge in [0.15, 0.2) is 6.23 Å². The summed E-state index contributed by atoms with van der Waals surface area (Å²) in [5, 5.41) is 13.2. The maximum absolute atomic E-state index is 12.3. The number of hydrogen-bond acceptors (Lipinski definition) is 7. The van der Waals surface area contributed by atoms with Crippen LogP contribution in [0.4, 0.5) is 4.79 Å². The fraction of sp³-hybridized carbons (Fsp3) is 0.238. The van der Waals surface area contributed by atoms with Crippen molar-refractivity contribution in [1.29, 1.82) is 0 Å². The molecule has 4 rings (SSSR count). The van der Waals surface area contributed by atoms with Gasteiger partial charge in [-0.1, -0.05) is 23.9 Å². The van der Waals surface area contributed by atoms with Gasteiger partial charge in [0.2, 0.25) is 5.91 Å². The molecule has 3 amide bonds. The SMILES string of the molecule is O=C1NC(=O)C(Cc2ccc(OCCC3NC(=O)c4cc(C(=O)O)ccc4O3)cc2)S1. The second kappa shape index (κ2) is 8.68. The topological polar surface area (TPSA) is 131 Å². The van der Waals surface area contributed by atoms with E-state index in [0.29, 0.717) is 24.3 Å². The lowest BCUT2D eigenvalue weighted by molar-refractivity contribution is -0.118. The number of imide groups is 1. The zero-order chi connectivity index (χ0) is 22.0. The first-order valence-corrected chi connectivity index (χ1v) is 10.3. The van der Waals surface area contributed by atoms with Crippen molar-refractivity contribution in [3.63, 3.8) is 0 Å². The minimum absolute atomic E-state index is 0.0153. The lowest BCUT2D eigenvalue weighted by Crippen LogP contribution is -2.44. The van der Waals surface area contributed by atoms with E-state index in [1.807, 2.05) is 12.1 Å². The standard InChI is InChI=1S/C21H18N2O7S/c24-18-14-10-12(20(26)27)3-6-15(14)30-17(22-18)7-8-29-13-4-1-11(2-5-13)9-16-19(25)23-21(28)31-16/h1-6,10,16-17H,7-9H2,(H,22,24)(H,26,27)(H,23,25,28). The molecule has 2 aromatic rings. The van der Waals surface area contributed by atoms with E-state index < -0.39 is 23.4 Å². The molecular weight excluding hydrogens is 424 g/mol.